The summed E-state index contributed by atoms with van der Waals surface area (Å²) in [6.45, 7) is 0.0365. The highest BCUT2D eigenvalue weighted by molar-refractivity contribution is 6.03. The highest BCUT2D eigenvalue weighted by Gasteiger charge is 2.27. The maximum absolute atomic E-state index is 13.5. The molecule has 12 heteroatoms. The third-order valence-electron chi connectivity index (χ3n) is 6.68. The summed E-state index contributed by atoms with van der Waals surface area (Å²) in [7, 11) is 1.85. The molecule has 3 aromatic rings. The van der Waals surface area contributed by atoms with Crippen molar-refractivity contribution >= 4 is 34.7 Å². The van der Waals surface area contributed by atoms with Gasteiger partial charge in [0.25, 0.3) is 5.91 Å². The van der Waals surface area contributed by atoms with E-state index in [4.69, 9.17) is 5.11 Å². The average Bonchev–Trinajstić information content (AvgIpc) is 3.54. The number of nitrogens with zero attached hydrogens (tertiary/aromatic N) is 5. The molecule has 3 aromatic heterocycles. The Balaban J connectivity index is 1.34. The first kappa shape index (κ1) is 23.9. The molecule has 0 radical (unpaired) electrons. The van der Waals surface area contributed by atoms with Gasteiger partial charge >= 0.3 is 5.97 Å². The lowest BCUT2D eigenvalue weighted by molar-refractivity contribution is -0.138. The Morgan fingerprint density at radius 1 is 1.11 bits per heavy atom. The number of rotatable bonds is 9. The van der Waals surface area contributed by atoms with Gasteiger partial charge in [0.15, 0.2) is 11.3 Å². The third kappa shape index (κ3) is 5.54. The second kappa shape index (κ2) is 10.1. The van der Waals surface area contributed by atoms with Gasteiger partial charge in [-0.3, -0.25) is 14.5 Å². The lowest BCUT2D eigenvalue weighted by Crippen LogP contribution is -2.40. The van der Waals surface area contributed by atoms with Crippen molar-refractivity contribution in [3.8, 4) is 0 Å². The zero-order chi connectivity index (χ0) is 25.2. The molecule has 11 nitrogen and oxygen atoms in total. The Bertz CT molecular complexity index is 1270. The minimum absolute atomic E-state index is 0.0365. The number of likely N-dealkylation sites (N-methyl/N-ethyl adjacent to an activating group) is 1. The monoisotopic (exact) mass is 496 g/mol. The van der Waals surface area contributed by atoms with Gasteiger partial charge in [-0.05, 0) is 51.6 Å². The van der Waals surface area contributed by atoms with Gasteiger partial charge in [0.1, 0.15) is 5.82 Å². The molecule has 5 rings (SSSR count). The fourth-order valence-electron chi connectivity index (χ4n) is 4.64. The molecule has 0 aliphatic heterocycles. The summed E-state index contributed by atoms with van der Waals surface area (Å²) in [5, 5.41) is 23.4. The normalized spacial score (nSPS) is 19.9. The van der Waals surface area contributed by atoms with Gasteiger partial charge in [-0.1, -0.05) is 0 Å². The quantitative estimate of drug-likeness (QED) is 0.330. The molecular formula is C24H29FN8O3. The molecule has 190 valence electrons. The van der Waals surface area contributed by atoms with Crippen LogP contribution in [0.25, 0.3) is 5.65 Å². The minimum atomic E-state index is -0.819. The number of carbonyl (C=O) groups excluding carboxylic acids is 1. The molecular weight excluding hydrogens is 467 g/mol. The highest BCUT2D eigenvalue weighted by Crippen LogP contribution is 2.30. The number of nitrogens with one attached hydrogen (secondary N) is 3. The van der Waals surface area contributed by atoms with Gasteiger partial charge in [0.2, 0.25) is 5.95 Å². The van der Waals surface area contributed by atoms with Crippen molar-refractivity contribution in [2.75, 3.05) is 29.5 Å². The minimum Gasteiger partial charge on any atom is -0.480 e. The van der Waals surface area contributed by atoms with Crippen LogP contribution in [0, 0.1) is 5.95 Å². The summed E-state index contributed by atoms with van der Waals surface area (Å²) in [4.78, 5) is 33.8. The molecule has 0 bridgehead atoms. The number of fused-ring (bicyclic) bond motifs is 1. The maximum atomic E-state index is 13.5. The highest BCUT2D eigenvalue weighted by atomic mass is 19.1. The largest absolute Gasteiger partial charge is 0.480 e. The molecule has 0 spiro atoms. The van der Waals surface area contributed by atoms with Crippen LogP contribution in [0.2, 0.25) is 0 Å². The number of imidazole rings is 1. The van der Waals surface area contributed by atoms with Crippen molar-refractivity contribution in [3.63, 3.8) is 0 Å². The summed E-state index contributed by atoms with van der Waals surface area (Å²) in [6, 6.07) is 5.37. The van der Waals surface area contributed by atoms with Crippen molar-refractivity contribution in [1.82, 2.24) is 24.5 Å². The SMILES string of the molecule is CN(CC(=O)O)C1CCC(Nc2cc(NC3CC3)c3ncc(C(=O)Nc4ccnc(F)c4)n3n2)CC1. The fourth-order valence-corrected chi connectivity index (χ4v) is 4.64. The van der Waals surface area contributed by atoms with Gasteiger partial charge in [-0.25, -0.2) is 14.5 Å². The predicted octanol–water partition coefficient (Wildman–Crippen LogP) is 2.83. The average molecular weight is 497 g/mol. The van der Waals surface area contributed by atoms with Gasteiger partial charge < -0.3 is 21.1 Å². The number of aromatic nitrogens is 4. The van der Waals surface area contributed by atoms with E-state index in [-0.39, 0.29) is 30.0 Å². The van der Waals surface area contributed by atoms with E-state index in [1.54, 1.807) is 0 Å². The van der Waals surface area contributed by atoms with Crippen LogP contribution < -0.4 is 16.0 Å². The summed E-state index contributed by atoms with van der Waals surface area (Å²) >= 11 is 0. The zero-order valence-electron chi connectivity index (χ0n) is 19.9. The molecule has 0 atom stereocenters. The van der Waals surface area contributed by atoms with E-state index in [0.717, 1.165) is 50.3 Å². The first-order valence-corrected chi connectivity index (χ1v) is 12.1. The van der Waals surface area contributed by atoms with Crippen molar-refractivity contribution in [3.05, 3.63) is 42.2 Å². The molecule has 4 N–H and O–H groups in total. The number of carbonyl (C=O) groups is 2. The van der Waals surface area contributed by atoms with E-state index in [1.165, 1.54) is 23.0 Å². The number of hydrogen-bond donors (Lipinski definition) is 4. The van der Waals surface area contributed by atoms with Crippen LogP contribution >= 0.6 is 0 Å². The number of pyridine rings is 1. The zero-order valence-corrected chi connectivity index (χ0v) is 19.9. The van der Waals surface area contributed by atoms with Crippen LogP contribution in [0.15, 0.2) is 30.6 Å². The van der Waals surface area contributed by atoms with E-state index in [2.05, 4.69) is 31.0 Å². The van der Waals surface area contributed by atoms with Gasteiger partial charge in [-0.15, -0.1) is 5.10 Å². The molecule has 2 saturated carbocycles. The predicted molar refractivity (Wildman–Crippen MR) is 132 cm³/mol. The molecule has 2 aliphatic carbocycles. The van der Waals surface area contributed by atoms with Gasteiger partial charge in [-0.2, -0.15) is 4.39 Å². The van der Waals surface area contributed by atoms with Gasteiger partial charge in [0, 0.05) is 42.1 Å². The Hall–Kier alpha value is -3.80. The number of carboxylic acid groups (broad SMARTS) is 1. The van der Waals surface area contributed by atoms with Crippen LogP contribution in [0.1, 0.15) is 49.0 Å². The summed E-state index contributed by atoms with van der Waals surface area (Å²) in [5.41, 5.74) is 1.85. The maximum Gasteiger partial charge on any atom is 0.317 e. The Morgan fingerprint density at radius 3 is 2.53 bits per heavy atom. The molecule has 1 amide bonds. The van der Waals surface area contributed by atoms with Crippen molar-refractivity contribution in [2.45, 2.75) is 56.7 Å². The molecule has 36 heavy (non-hydrogen) atoms. The van der Waals surface area contributed by atoms with Crippen LogP contribution in [-0.2, 0) is 4.79 Å². The lowest BCUT2D eigenvalue weighted by Gasteiger charge is -2.34. The van der Waals surface area contributed by atoms with Crippen LogP contribution in [0.3, 0.4) is 0 Å². The standard InChI is InChI=1S/C24H29FN8O3/c1-32(13-22(34)35)17-6-4-15(5-7-17)29-21-11-18(28-14-2-3-14)23-27-12-19(33(23)31-21)24(36)30-16-8-9-26-20(25)10-16/h8-12,14-15,17,28H,2-7,13H2,1H3,(H,29,31)(H,34,35)(H,26,30,36). The van der Waals surface area contributed by atoms with E-state index in [0.29, 0.717) is 17.5 Å². The molecule has 2 aliphatic rings. The molecule has 0 saturated heterocycles. The Labute approximate surface area is 207 Å². The summed E-state index contributed by atoms with van der Waals surface area (Å²) < 4.78 is 15.0. The summed E-state index contributed by atoms with van der Waals surface area (Å²) in [5.74, 6) is -1.34. The van der Waals surface area contributed by atoms with E-state index < -0.39 is 17.8 Å². The number of halogens is 1. The first-order valence-electron chi connectivity index (χ1n) is 12.1. The Kier molecular flexibility index (Phi) is 6.68. The number of aliphatic carboxylic acids is 1. The second-order valence-corrected chi connectivity index (χ2v) is 9.52. The number of amides is 1. The fraction of sp³-hybridized carbons (Fsp3) is 0.458. The number of anilines is 3. The first-order chi connectivity index (χ1) is 17.4. The Morgan fingerprint density at radius 2 is 1.83 bits per heavy atom. The number of carboxylic acids is 1. The number of hydrogen-bond acceptors (Lipinski definition) is 8. The molecule has 0 aromatic carbocycles. The summed E-state index contributed by atoms with van der Waals surface area (Å²) in [6.07, 6.45) is 8.43. The van der Waals surface area contributed by atoms with Crippen molar-refractivity contribution in [2.24, 2.45) is 0 Å². The second-order valence-electron chi connectivity index (χ2n) is 9.52. The molecule has 0 unspecified atom stereocenters. The van der Waals surface area contributed by atoms with Crippen molar-refractivity contribution in [1.29, 1.82) is 0 Å². The van der Waals surface area contributed by atoms with Crippen molar-refractivity contribution < 1.29 is 19.1 Å². The van der Waals surface area contributed by atoms with E-state index >= 15 is 0 Å². The van der Waals surface area contributed by atoms with Crippen LogP contribution in [0.5, 0.6) is 0 Å². The topological polar surface area (TPSA) is 137 Å². The smallest absolute Gasteiger partial charge is 0.317 e. The van der Waals surface area contributed by atoms with Crippen LogP contribution in [-0.4, -0.2) is 73.2 Å². The molecule has 2 fully saturated rings. The van der Waals surface area contributed by atoms with Crippen LogP contribution in [0.4, 0.5) is 21.6 Å². The lowest BCUT2D eigenvalue weighted by atomic mass is 9.90. The molecule has 3 heterocycles. The van der Waals surface area contributed by atoms with E-state index in [9.17, 15) is 14.0 Å². The third-order valence-corrected chi connectivity index (χ3v) is 6.68. The van der Waals surface area contributed by atoms with Gasteiger partial charge in [0.05, 0.1) is 18.4 Å². The van der Waals surface area contributed by atoms with E-state index in [1.807, 2.05) is 18.0 Å².